The Morgan fingerprint density at radius 1 is 1.30 bits per heavy atom. The highest BCUT2D eigenvalue weighted by Gasteiger charge is 2.22. The number of fused-ring (bicyclic) bond motifs is 1. The molecule has 30 heavy (non-hydrogen) atoms. The maximum atomic E-state index is 12.1. The number of carbonyl (C=O) groups is 1. The van der Waals surface area contributed by atoms with E-state index in [2.05, 4.69) is 37.9 Å². The number of para-hydroxylation sites is 1. The lowest BCUT2D eigenvalue weighted by Crippen LogP contribution is -2.47. The van der Waals surface area contributed by atoms with Crippen molar-refractivity contribution in [1.82, 2.24) is 30.7 Å². The van der Waals surface area contributed by atoms with Crippen molar-refractivity contribution in [3.63, 3.8) is 0 Å². The predicted molar refractivity (Wildman–Crippen MR) is 126 cm³/mol. The molecule has 1 aliphatic heterocycles. The zero-order chi connectivity index (χ0) is 20.6. The van der Waals surface area contributed by atoms with Crippen LogP contribution < -0.4 is 16.0 Å². The summed E-state index contributed by atoms with van der Waals surface area (Å²) in [5.41, 5.74) is 0.263. The number of aryl methyl sites for hydroxylation is 2. The molecule has 2 aromatic rings. The van der Waals surface area contributed by atoms with Gasteiger partial charge in [-0.05, 0) is 25.5 Å². The van der Waals surface area contributed by atoms with Gasteiger partial charge in [0.25, 0.3) is 5.91 Å². The number of hydrogen-bond acceptors (Lipinski definition) is 5. The number of nitrogens with zero attached hydrogens (tertiary/aromatic N) is 4. The number of guanidine groups is 1. The lowest BCUT2D eigenvalue weighted by atomic mass is 10.1. The van der Waals surface area contributed by atoms with E-state index in [1.807, 2.05) is 11.6 Å². The molecule has 0 aliphatic carbocycles. The van der Waals surface area contributed by atoms with Gasteiger partial charge in [-0.3, -0.25) is 9.79 Å². The minimum absolute atomic E-state index is 0. The molecule has 9 nitrogen and oxygen atoms in total. The fourth-order valence-electron chi connectivity index (χ4n) is 3.24. The highest BCUT2D eigenvalue weighted by Crippen LogP contribution is 2.15. The number of nitrogens with one attached hydrogen (secondary N) is 3. The molecule has 4 N–H and O–H groups in total. The molecule has 0 spiro atoms. The second-order valence-corrected chi connectivity index (χ2v) is 6.89. The number of amides is 1. The normalized spacial score (nSPS) is 15.7. The van der Waals surface area contributed by atoms with Crippen LogP contribution in [0.2, 0.25) is 0 Å². The number of carbonyl (C=O) groups excluding carboxylic acids is 1. The summed E-state index contributed by atoms with van der Waals surface area (Å²) in [5, 5.41) is 23.8. The number of aliphatic imine (C=N–C) groups is 1. The summed E-state index contributed by atoms with van der Waals surface area (Å²) < 4.78 is 1.98. The average Bonchev–Trinajstić information content (AvgIpc) is 3.14. The van der Waals surface area contributed by atoms with E-state index in [9.17, 15) is 9.90 Å². The van der Waals surface area contributed by atoms with Crippen molar-refractivity contribution >= 4 is 35.8 Å². The molecular weight excluding hydrogens is 497 g/mol. The van der Waals surface area contributed by atoms with E-state index in [0.29, 0.717) is 19.0 Å². The minimum atomic E-state index is -0.311. The Hall–Kier alpha value is -2.37. The van der Waals surface area contributed by atoms with Crippen molar-refractivity contribution in [2.75, 3.05) is 19.6 Å². The molecule has 1 atom stereocenters. The average molecular weight is 527 g/mol. The van der Waals surface area contributed by atoms with E-state index in [4.69, 9.17) is 0 Å². The van der Waals surface area contributed by atoms with Gasteiger partial charge in [-0.2, -0.15) is 5.10 Å². The number of aromatic hydroxyl groups is 1. The molecule has 1 aliphatic rings. The Morgan fingerprint density at radius 3 is 2.83 bits per heavy atom. The van der Waals surface area contributed by atoms with E-state index in [1.165, 1.54) is 6.07 Å². The van der Waals surface area contributed by atoms with Crippen LogP contribution in [0.5, 0.6) is 5.75 Å². The molecule has 0 saturated heterocycles. The van der Waals surface area contributed by atoms with Gasteiger partial charge in [0.15, 0.2) is 11.8 Å². The van der Waals surface area contributed by atoms with Crippen LogP contribution in [0.25, 0.3) is 0 Å². The predicted octanol–water partition coefficient (Wildman–Crippen LogP) is 1.46. The van der Waals surface area contributed by atoms with E-state index >= 15 is 0 Å². The first-order valence-electron chi connectivity index (χ1n) is 10.1. The maximum absolute atomic E-state index is 12.1. The zero-order valence-corrected chi connectivity index (χ0v) is 19.7. The summed E-state index contributed by atoms with van der Waals surface area (Å²) in [4.78, 5) is 21.2. The Balaban J connectivity index is 0.00000320. The van der Waals surface area contributed by atoms with Crippen LogP contribution in [0.3, 0.4) is 0 Å². The van der Waals surface area contributed by atoms with Gasteiger partial charge in [0.05, 0.1) is 18.7 Å². The number of hydrogen-bond donors (Lipinski definition) is 4. The Morgan fingerprint density at radius 2 is 2.10 bits per heavy atom. The van der Waals surface area contributed by atoms with E-state index < -0.39 is 0 Å². The van der Waals surface area contributed by atoms with Gasteiger partial charge in [0.1, 0.15) is 11.6 Å². The highest BCUT2D eigenvalue weighted by atomic mass is 127. The second kappa shape index (κ2) is 11.7. The first kappa shape index (κ1) is 23.9. The van der Waals surface area contributed by atoms with Gasteiger partial charge in [-0.15, -0.1) is 24.0 Å². The molecule has 1 amide bonds. The Kier molecular flexibility index (Phi) is 9.34. The lowest BCUT2D eigenvalue weighted by Gasteiger charge is -2.25. The number of phenolic OH excluding ortho intramolecular Hbond substituents is 1. The van der Waals surface area contributed by atoms with Gasteiger partial charge in [0, 0.05) is 32.0 Å². The van der Waals surface area contributed by atoms with Gasteiger partial charge in [0.2, 0.25) is 0 Å². The van der Waals surface area contributed by atoms with E-state index in [0.717, 1.165) is 44.0 Å². The van der Waals surface area contributed by atoms with Crippen molar-refractivity contribution in [3.05, 3.63) is 41.5 Å². The van der Waals surface area contributed by atoms with Crippen LogP contribution in [0, 0.1) is 0 Å². The molecule has 2 heterocycles. The van der Waals surface area contributed by atoms with Crippen LogP contribution in [-0.2, 0) is 19.4 Å². The van der Waals surface area contributed by atoms with Crippen LogP contribution in [0.4, 0.5) is 0 Å². The molecule has 1 unspecified atom stereocenters. The smallest absolute Gasteiger partial charge is 0.255 e. The van der Waals surface area contributed by atoms with Crippen molar-refractivity contribution in [1.29, 1.82) is 0 Å². The molecule has 3 rings (SSSR count). The molecule has 0 bridgehead atoms. The molecule has 10 heteroatoms. The van der Waals surface area contributed by atoms with E-state index in [1.54, 1.807) is 18.2 Å². The number of benzene rings is 1. The third-order valence-electron chi connectivity index (χ3n) is 4.72. The van der Waals surface area contributed by atoms with Crippen LogP contribution in [0.1, 0.15) is 42.3 Å². The van der Waals surface area contributed by atoms with Crippen molar-refractivity contribution in [2.24, 2.45) is 4.99 Å². The second-order valence-electron chi connectivity index (χ2n) is 6.89. The molecular formula is C20H30IN7O2. The topological polar surface area (TPSA) is 116 Å². The largest absolute Gasteiger partial charge is 0.507 e. The standard InChI is InChI=1S/C20H29N7O2.HI/c1-3-17-25-18-10-9-14(13-27(18)26-17)24-20(21-4-2)23-12-11-22-19(29)15-7-5-6-8-16(15)28;/h5-8,14,28H,3-4,9-13H2,1-2H3,(H,22,29)(H2,21,23,24);1H. The highest BCUT2D eigenvalue weighted by molar-refractivity contribution is 14.0. The first-order chi connectivity index (χ1) is 14.1. The van der Waals surface area contributed by atoms with Crippen molar-refractivity contribution < 1.29 is 9.90 Å². The van der Waals surface area contributed by atoms with E-state index in [-0.39, 0.29) is 47.2 Å². The number of phenols is 1. The van der Waals surface area contributed by atoms with Crippen LogP contribution >= 0.6 is 24.0 Å². The summed E-state index contributed by atoms with van der Waals surface area (Å²) >= 11 is 0. The fraction of sp³-hybridized carbons (Fsp3) is 0.500. The first-order valence-corrected chi connectivity index (χ1v) is 10.1. The quantitative estimate of drug-likeness (QED) is 0.188. The summed E-state index contributed by atoms with van der Waals surface area (Å²) in [6, 6.07) is 6.71. The third kappa shape index (κ3) is 6.31. The SMILES string of the molecule is CCNC(=NCCNC(=O)c1ccccc1O)NC1CCc2nc(CC)nn2C1.I. The molecule has 0 radical (unpaired) electrons. The van der Waals surface area contributed by atoms with Crippen molar-refractivity contribution in [2.45, 2.75) is 45.7 Å². The third-order valence-corrected chi connectivity index (χ3v) is 4.72. The minimum Gasteiger partial charge on any atom is -0.507 e. The zero-order valence-electron chi connectivity index (χ0n) is 17.4. The molecule has 164 valence electrons. The summed E-state index contributed by atoms with van der Waals surface area (Å²) in [6.45, 7) is 6.39. The monoisotopic (exact) mass is 527 g/mol. The maximum Gasteiger partial charge on any atom is 0.255 e. The van der Waals surface area contributed by atoms with Gasteiger partial charge in [-0.25, -0.2) is 9.67 Å². The summed E-state index contributed by atoms with van der Waals surface area (Å²) in [5.74, 6) is 2.32. The number of halogens is 1. The van der Waals surface area contributed by atoms with Crippen LogP contribution in [-0.4, -0.2) is 57.4 Å². The summed E-state index contributed by atoms with van der Waals surface area (Å²) in [6.07, 6.45) is 2.70. The Bertz CT molecular complexity index is 869. The molecule has 1 aromatic heterocycles. The summed E-state index contributed by atoms with van der Waals surface area (Å²) in [7, 11) is 0. The fourth-order valence-corrected chi connectivity index (χ4v) is 3.24. The molecule has 1 aromatic carbocycles. The van der Waals surface area contributed by atoms with Crippen LogP contribution in [0.15, 0.2) is 29.3 Å². The number of aromatic nitrogens is 3. The lowest BCUT2D eigenvalue weighted by molar-refractivity contribution is 0.0952. The van der Waals surface area contributed by atoms with Gasteiger partial charge < -0.3 is 21.1 Å². The van der Waals surface area contributed by atoms with Gasteiger partial charge in [-0.1, -0.05) is 19.1 Å². The van der Waals surface area contributed by atoms with Gasteiger partial charge >= 0.3 is 0 Å². The van der Waals surface area contributed by atoms with Crippen molar-refractivity contribution in [3.8, 4) is 5.75 Å². The molecule has 0 saturated carbocycles. The molecule has 0 fully saturated rings. The Labute approximate surface area is 193 Å². The number of rotatable bonds is 7.